The molecule has 0 aromatic carbocycles. The van der Waals surface area contributed by atoms with Crippen LogP contribution in [-0.4, -0.2) is 43.0 Å². The summed E-state index contributed by atoms with van der Waals surface area (Å²) in [6.45, 7) is 3.81. The van der Waals surface area contributed by atoms with Gasteiger partial charge in [-0.2, -0.15) is 0 Å². The molecule has 4 nitrogen and oxygen atoms in total. The van der Waals surface area contributed by atoms with Gasteiger partial charge in [0.25, 0.3) is 0 Å². The largest absolute Gasteiger partial charge is 0.356 e. The van der Waals surface area contributed by atoms with Crippen LogP contribution >= 0.6 is 0 Å². The zero-order valence-corrected chi connectivity index (χ0v) is 12.7. The fraction of sp³-hybridized carbons (Fsp3) is 0.933. The predicted octanol–water partition coefficient (Wildman–Crippen LogP) is 1.88. The zero-order chi connectivity index (χ0) is 14.1. The summed E-state index contributed by atoms with van der Waals surface area (Å²) in [4.78, 5) is 14.0. The third kappa shape index (κ3) is 7.53. The molecule has 3 N–H and O–H groups in total. The number of carbonyl (C=O) groups excluding carboxylic acids is 1. The smallest absolute Gasteiger partial charge is 0.220 e. The van der Waals surface area contributed by atoms with E-state index in [9.17, 15) is 4.79 Å². The Morgan fingerprint density at radius 2 is 2.05 bits per heavy atom. The maximum absolute atomic E-state index is 11.5. The summed E-state index contributed by atoms with van der Waals surface area (Å²) < 4.78 is 0. The molecule has 0 radical (unpaired) electrons. The number of hydrogen-bond acceptors (Lipinski definition) is 3. The van der Waals surface area contributed by atoms with Crippen molar-refractivity contribution in [2.45, 2.75) is 70.4 Å². The Hall–Kier alpha value is -0.610. The summed E-state index contributed by atoms with van der Waals surface area (Å²) in [6, 6.07) is 0.880. The number of rotatable bonds is 8. The van der Waals surface area contributed by atoms with Crippen molar-refractivity contribution in [2.24, 2.45) is 5.73 Å². The van der Waals surface area contributed by atoms with Crippen LogP contribution in [0.1, 0.15) is 58.3 Å². The lowest BCUT2D eigenvalue weighted by Crippen LogP contribution is -2.36. The van der Waals surface area contributed by atoms with Crippen molar-refractivity contribution in [3.05, 3.63) is 0 Å². The second-order valence-electron chi connectivity index (χ2n) is 5.99. The minimum absolute atomic E-state index is 0.114. The topological polar surface area (TPSA) is 58.4 Å². The first-order chi connectivity index (χ1) is 9.09. The van der Waals surface area contributed by atoms with Gasteiger partial charge in [0.15, 0.2) is 0 Å². The second-order valence-corrected chi connectivity index (χ2v) is 5.99. The van der Waals surface area contributed by atoms with Crippen LogP contribution in [0.4, 0.5) is 0 Å². The zero-order valence-electron chi connectivity index (χ0n) is 12.7. The van der Waals surface area contributed by atoms with Crippen LogP contribution in [0, 0.1) is 0 Å². The third-order valence-corrected chi connectivity index (χ3v) is 4.03. The van der Waals surface area contributed by atoms with Crippen LogP contribution in [0.15, 0.2) is 0 Å². The van der Waals surface area contributed by atoms with E-state index < -0.39 is 0 Å². The Morgan fingerprint density at radius 3 is 2.68 bits per heavy atom. The van der Waals surface area contributed by atoms with Crippen molar-refractivity contribution in [3.63, 3.8) is 0 Å². The standard InChI is InChI=1S/C15H31N3O/c1-13(16)9-10-15(19)17-11-6-12-18(2)14-7-4-3-5-8-14/h13-14H,3-12,16H2,1-2H3,(H,17,19). The fourth-order valence-electron chi connectivity index (χ4n) is 2.71. The van der Waals surface area contributed by atoms with E-state index in [4.69, 9.17) is 5.73 Å². The quantitative estimate of drug-likeness (QED) is 0.662. The molecule has 4 heteroatoms. The summed E-state index contributed by atoms with van der Waals surface area (Å²) in [5.41, 5.74) is 5.63. The molecule has 1 rings (SSSR count). The normalized spacial score (nSPS) is 18.5. The van der Waals surface area contributed by atoms with Crippen LogP contribution < -0.4 is 11.1 Å². The Labute approximate surface area is 118 Å². The van der Waals surface area contributed by atoms with Crippen molar-refractivity contribution in [2.75, 3.05) is 20.1 Å². The molecule has 0 saturated heterocycles. The van der Waals surface area contributed by atoms with Gasteiger partial charge in [-0.15, -0.1) is 0 Å². The Balaban J connectivity index is 2.01. The molecule has 1 saturated carbocycles. The number of nitrogens with zero attached hydrogens (tertiary/aromatic N) is 1. The molecule has 0 heterocycles. The highest BCUT2D eigenvalue weighted by Crippen LogP contribution is 2.21. The molecule has 1 fully saturated rings. The van der Waals surface area contributed by atoms with Crippen molar-refractivity contribution in [1.82, 2.24) is 10.2 Å². The van der Waals surface area contributed by atoms with E-state index in [1.807, 2.05) is 6.92 Å². The lowest BCUT2D eigenvalue weighted by molar-refractivity contribution is -0.121. The Morgan fingerprint density at radius 1 is 1.37 bits per heavy atom. The van der Waals surface area contributed by atoms with Crippen LogP contribution in [0.25, 0.3) is 0 Å². The summed E-state index contributed by atoms with van der Waals surface area (Å²) in [6.07, 6.45) is 9.21. The summed E-state index contributed by atoms with van der Waals surface area (Å²) in [5, 5.41) is 2.98. The maximum atomic E-state index is 11.5. The van der Waals surface area contributed by atoms with Gasteiger partial charge in [-0.25, -0.2) is 0 Å². The number of nitrogens with two attached hydrogens (primary N) is 1. The molecule has 0 aromatic heterocycles. The van der Waals surface area contributed by atoms with E-state index in [0.717, 1.165) is 32.0 Å². The van der Waals surface area contributed by atoms with E-state index in [1.54, 1.807) is 0 Å². The van der Waals surface area contributed by atoms with Gasteiger partial charge >= 0.3 is 0 Å². The monoisotopic (exact) mass is 269 g/mol. The van der Waals surface area contributed by atoms with Crippen molar-refractivity contribution in [1.29, 1.82) is 0 Å². The molecule has 112 valence electrons. The van der Waals surface area contributed by atoms with Gasteiger partial charge in [0.1, 0.15) is 0 Å². The van der Waals surface area contributed by atoms with Crippen molar-refractivity contribution in [3.8, 4) is 0 Å². The lowest BCUT2D eigenvalue weighted by Gasteiger charge is -2.31. The first-order valence-corrected chi connectivity index (χ1v) is 7.82. The molecule has 1 atom stereocenters. The van der Waals surface area contributed by atoms with Gasteiger partial charge < -0.3 is 16.0 Å². The lowest BCUT2D eigenvalue weighted by atomic mass is 9.94. The molecule has 0 bridgehead atoms. The van der Waals surface area contributed by atoms with Gasteiger partial charge in [-0.3, -0.25) is 4.79 Å². The van der Waals surface area contributed by atoms with E-state index in [1.165, 1.54) is 32.1 Å². The van der Waals surface area contributed by atoms with E-state index in [-0.39, 0.29) is 11.9 Å². The highest BCUT2D eigenvalue weighted by molar-refractivity contribution is 5.75. The minimum atomic E-state index is 0.114. The summed E-state index contributed by atoms with van der Waals surface area (Å²) in [5.74, 6) is 0.137. The number of amides is 1. The average molecular weight is 269 g/mol. The first kappa shape index (κ1) is 16.4. The predicted molar refractivity (Wildman–Crippen MR) is 80.0 cm³/mol. The first-order valence-electron chi connectivity index (χ1n) is 7.82. The van der Waals surface area contributed by atoms with E-state index in [0.29, 0.717) is 6.42 Å². The third-order valence-electron chi connectivity index (χ3n) is 4.03. The molecule has 0 aromatic rings. The molecular formula is C15H31N3O. The number of nitrogens with one attached hydrogen (secondary N) is 1. The van der Waals surface area contributed by atoms with Gasteiger partial charge in [0, 0.05) is 25.0 Å². The SMILES string of the molecule is CC(N)CCC(=O)NCCCN(C)C1CCCCC1. The molecule has 1 aliphatic carbocycles. The molecule has 0 aliphatic heterocycles. The van der Waals surface area contributed by atoms with Gasteiger partial charge in [0.05, 0.1) is 0 Å². The van der Waals surface area contributed by atoms with Crippen LogP contribution in [0.5, 0.6) is 0 Å². The minimum Gasteiger partial charge on any atom is -0.356 e. The number of hydrogen-bond donors (Lipinski definition) is 2. The van der Waals surface area contributed by atoms with Gasteiger partial charge in [0.2, 0.25) is 5.91 Å². The van der Waals surface area contributed by atoms with Crippen LogP contribution in [0.3, 0.4) is 0 Å². The highest BCUT2D eigenvalue weighted by Gasteiger charge is 2.17. The Kier molecular flexibility index (Phi) is 8.07. The summed E-state index contributed by atoms with van der Waals surface area (Å²) >= 11 is 0. The van der Waals surface area contributed by atoms with Crippen LogP contribution in [-0.2, 0) is 4.79 Å². The molecular weight excluding hydrogens is 238 g/mol. The summed E-state index contributed by atoms with van der Waals surface area (Å²) in [7, 11) is 2.22. The molecule has 19 heavy (non-hydrogen) atoms. The van der Waals surface area contributed by atoms with Crippen molar-refractivity contribution >= 4 is 5.91 Å². The molecule has 0 spiro atoms. The number of carbonyl (C=O) groups is 1. The molecule has 1 unspecified atom stereocenters. The van der Waals surface area contributed by atoms with Crippen molar-refractivity contribution < 1.29 is 4.79 Å². The van der Waals surface area contributed by atoms with Gasteiger partial charge in [-0.1, -0.05) is 19.3 Å². The van der Waals surface area contributed by atoms with Gasteiger partial charge in [-0.05, 0) is 46.2 Å². The second kappa shape index (κ2) is 9.32. The average Bonchev–Trinajstić information content (AvgIpc) is 2.42. The van der Waals surface area contributed by atoms with E-state index >= 15 is 0 Å². The molecule has 1 amide bonds. The maximum Gasteiger partial charge on any atom is 0.220 e. The van der Waals surface area contributed by atoms with Crippen LogP contribution in [0.2, 0.25) is 0 Å². The highest BCUT2D eigenvalue weighted by atomic mass is 16.1. The van der Waals surface area contributed by atoms with E-state index in [2.05, 4.69) is 17.3 Å². The molecule has 1 aliphatic rings. The fourth-order valence-corrected chi connectivity index (χ4v) is 2.71. The Bertz CT molecular complexity index is 250.